The molecule has 2 rings (SSSR count). The van der Waals surface area contributed by atoms with Gasteiger partial charge in [0, 0.05) is 18.3 Å². The molecule has 2 aromatic rings. The summed E-state index contributed by atoms with van der Waals surface area (Å²) in [6.07, 6.45) is -4.56. The van der Waals surface area contributed by atoms with E-state index < -0.39 is 41.1 Å². The van der Waals surface area contributed by atoms with Crippen LogP contribution < -0.4 is 10.6 Å². The number of rotatable bonds is 7. The fraction of sp³-hybridized carbons (Fsp3) is 0.300. The Bertz CT molecular complexity index is 1050. The zero-order valence-corrected chi connectivity index (χ0v) is 17.9. The molecule has 0 aliphatic rings. The predicted molar refractivity (Wildman–Crippen MR) is 109 cm³/mol. The van der Waals surface area contributed by atoms with Gasteiger partial charge in [0.15, 0.2) is 0 Å². The van der Waals surface area contributed by atoms with E-state index in [0.29, 0.717) is 5.69 Å². The number of carbonyl (C=O) groups excluding carboxylic acids is 2. The van der Waals surface area contributed by atoms with Crippen molar-refractivity contribution in [1.82, 2.24) is 9.62 Å². The lowest BCUT2D eigenvalue weighted by Crippen LogP contribution is -2.35. The minimum atomic E-state index is -4.56. The van der Waals surface area contributed by atoms with Crippen molar-refractivity contribution in [2.75, 3.05) is 25.5 Å². The van der Waals surface area contributed by atoms with Crippen LogP contribution in [0.4, 0.5) is 18.9 Å². The number of aryl methyl sites for hydroxylation is 2. The van der Waals surface area contributed by atoms with Crippen LogP contribution in [0, 0.1) is 13.8 Å². The van der Waals surface area contributed by atoms with Crippen molar-refractivity contribution in [3.05, 3.63) is 59.2 Å². The number of sulfonamides is 1. The van der Waals surface area contributed by atoms with Gasteiger partial charge in [-0.2, -0.15) is 17.5 Å². The van der Waals surface area contributed by atoms with Gasteiger partial charge in [-0.25, -0.2) is 8.42 Å². The first kappa shape index (κ1) is 24.4. The maximum absolute atomic E-state index is 12.7. The summed E-state index contributed by atoms with van der Waals surface area (Å²) in [5, 5.41) is 4.39. The van der Waals surface area contributed by atoms with E-state index in [9.17, 15) is 31.2 Å². The Kier molecular flexibility index (Phi) is 7.45. The maximum Gasteiger partial charge on any atom is 0.405 e. The van der Waals surface area contributed by atoms with Crippen LogP contribution in [0.15, 0.2) is 47.4 Å². The molecule has 0 aliphatic heterocycles. The molecule has 0 aliphatic carbocycles. The summed E-state index contributed by atoms with van der Waals surface area (Å²) in [5.41, 5.74) is 2.14. The Morgan fingerprint density at radius 1 is 1.00 bits per heavy atom. The highest BCUT2D eigenvalue weighted by molar-refractivity contribution is 7.89. The van der Waals surface area contributed by atoms with Crippen LogP contribution in [0.2, 0.25) is 0 Å². The van der Waals surface area contributed by atoms with Crippen molar-refractivity contribution < 1.29 is 31.2 Å². The zero-order chi connectivity index (χ0) is 23.4. The van der Waals surface area contributed by atoms with Crippen molar-refractivity contribution in [2.45, 2.75) is 24.9 Å². The molecule has 168 valence electrons. The number of alkyl halides is 3. The first-order valence-electron chi connectivity index (χ1n) is 9.08. The minimum absolute atomic E-state index is 0.126. The van der Waals surface area contributed by atoms with E-state index in [1.165, 1.54) is 7.05 Å². The molecule has 0 unspecified atom stereocenters. The first-order valence-corrected chi connectivity index (χ1v) is 10.5. The molecule has 0 aromatic heterocycles. The lowest BCUT2D eigenvalue weighted by atomic mass is 10.1. The normalized spacial score (nSPS) is 12.0. The van der Waals surface area contributed by atoms with Gasteiger partial charge >= 0.3 is 6.18 Å². The monoisotopic (exact) mass is 457 g/mol. The van der Waals surface area contributed by atoms with Crippen LogP contribution in [-0.4, -0.2) is 50.9 Å². The Hall–Kier alpha value is -2.92. The second-order valence-electron chi connectivity index (χ2n) is 6.90. The van der Waals surface area contributed by atoms with Gasteiger partial charge in [0.2, 0.25) is 15.9 Å². The third kappa shape index (κ3) is 6.53. The summed E-state index contributed by atoms with van der Waals surface area (Å²) < 4.78 is 62.8. The average Bonchev–Trinajstić information content (AvgIpc) is 2.68. The number of benzene rings is 2. The summed E-state index contributed by atoms with van der Waals surface area (Å²) in [5.74, 6) is -1.52. The molecule has 2 aromatic carbocycles. The lowest BCUT2D eigenvalue weighted by Gasteiger charge is -2.18. The molecule has 0 saturated heterocycles. The van der Waals surface area contributed by atoms with Crippen molar-refractivity contribution in [1.29, 1.82) is 0 Å². The Labute approximate surface area is 178 Å². The molecule has 2 amide bonds. The van der Waals surface area contributed by atoms with E-state index in [2.05, 4.69) is 5.32 Å². The number of nitrogens with one attached hydrogen (secondary N) is 2. The van der Waals surface area contributed by atoms with Crippen molar-refractivity contribution in [3.8, 4) is 0 Å². The minimum Gasteiger partial charge on any atom is -0.343 e. The average molecular weight is 457 g/mol. The highest BCUT2D eigenvalue weighted by atomic mass is 32.2. The van der Waals surface area contributed by atoms with Crippen LogP contribution in [0.25, 0.3) is 0 Å². The van der Waals surface area contributed by atoms with E-state index in [1.807, 2.05) is 32.0 Å². The molecule has 31 heavy (non-hydrogen) atoms. The number of para-hydroxylation sites is 1. The number of amides is 2. The molecule has 2 N–H and O–H groups in total. The van der Waals surface area contributed by atoms with Gasteiger partial charge in [-0.1, -0.05) is 18.2 Å². The van der Waals surface area contributed by atoms with Crippen molar-refractivity contribution in [3.63, 3.8) is 0 Å². The van der Waals surface area contributed by atoms with Gasteiger partial charge in [-0.15, -0.1) is 0 Å². The van der Waals surface area contributed by atoms with Crippen molar-refractivity contribution >= 4 is 27.5 Å². The Morgan fingerprint density at radius 2 is 1.55 bits per heavy atom. The first-order chi connectivity index (χ1) is 14.3. The van der Waals surface area contributed by atoms with Crippen molar-refractivity contribution in [2.24, 2.45) is 0 Å². The van der Waals surface area contributed by atoms with E-state index in [-0.39, 0.29) is 10.5 Å². The number of carbonyl (C=O) groups is 2. The third-order valence-corrected chi connectivity index (χ3v) is 6.20. The fourth-order valence-corrected chi connectivity index (χ4v) is 3.85. The standard InChI is InChI=1S/C20H22F3N3O4S/c1-13-5-4-6-14(2)18(13)25-17(27)11-26(3)31(29,30)16-9-7-15(8-10-16)19(28)24-12-20(21,22)23/h4-10H,11-12H2,1-3H3,(H,24,28)(H,25,27). The van der Waals surface area contributed by atoms with Gasteiger partial charge in [0.25, 0.3) is 5.91 Å². The zero-order valence-electron chi connectivity index (χ0n) is 17.1. The van der Waals surface area contributed by atoms with E-state index in [0.717, 1.165) is 39.7 Å². The summed E-state index contributed by atoms with van der Waals surface area (Å²) in [6, 6.07) is 9.86. The van der Waals surface area contributed by atoms with E-state index in [1.54, 1.807) is 5.32 Å². The van der Waals surface area contributed by atoms with Crippen LogP contribution in [0.1, 0.15) is 21.5 Å². The fourth-order valence-electron chi connectivity index (χ4n) is 2.72. The molecular formula is C20H22F3N3O4S. The molecule has 0 radical (unpaired) electrons. The van der Waals surface area contributed by atoms with Crippen LogP contribution in [-0.2, 0) is 14.8 Å². The molecule has 0 atom stereocenters. The predicted octanol–water partition coefficient (Wildman–Crippen LogP) is 2.85. The number of hydrogen-bond donors (Lipinski definition) is 2. The Balaban J connectivity index is 2.06. The molecule has 0 spiro atoms. The number of anilines is 1. The topological polar surface area (TPSA) is 95.6 Å². The lowest BCUT2D eigenvalue weighted by molar-refractivity contribution is -0.123. The van der Waals surface area contributed by atoms with Gasteiger partial charge in [-0.05, 0) is 49.2 Å². The molecule has 0 heterocycles. The highest BCUT2D eigenvalue weighted by Gasteiger charge is 2.28. The molecule has 7 nitrogen and oxygen atoms in total. The summed E-state index contributed by atoms with van der Waals surface area (Å²) in [6.45, 7) is 1.68. The SMILES string of the molecule is Cc1cccc(C)c1NC(=O)CN(C)S(=O)(=O)c1ccc(C(=O)NCC(F)(F)F)cc1. The number of halogens is 3. The quantitative estimate of drug-likeness (QED) is 0.669. The number of hydrogen-bond acceptors (Lipinski definition) is 4. The second-order valence-corrected chi connectivity index (χ2v) is 8.94. The smallest absolute Gasteiger partial charge is 0.343 e. The van der Waals surface area contributed by atoms with Crippen LogP contribution in [0.3, 0.4) is 0 Å². The number of likely N-dealkylation sites (N-methyl/N-ethyl adjacent to an activating group) is 1. The highest BCUT2D eigenvalue weighted by Crippen LogP contribution is 2.20. The third-order valence-electron chi connectivity index (χ3n) is 4.39. The molecule has 0 bridgehead atoms. The Morgan fingerprint density at radius 3 is 2.06 bits per heavy atom. The van der Waals surface area contributed by atoms with Crippen LogP contribution >= 0.6 is 0 Å². The molecule has 0 saturated carbocycles. The number of nitrogens with zero attached hydrogens (tertiary/aromatic N) is 1. The van der Waals surface area contributed by atoms with Gasteiger partial charge in [0.1, 0.15) is 6.54 Å². The molecule has 0 fully saturated rings. The van der Waals surface area contributed by atoms with Gasteiger partial charge in [0.05, 0.1) is 11.4 Å². The van der Waals surface area contributed by atoms with Gasteiger partial charge < -0.3 is 10.6 Å². The summed E-state index contributed by atoms with van der Waals surface area (Å²) in [7, 11) is -2.84. The summed E-state index contributed by atoms with van der Waals surface area (Å²) >= 11 is 0. The van der Waals surface area contributed by atoms with E-state index in [4.69, 9.17) is 0 Å². The molecule has 11 heteroatoms. The maximum atomic E-state index is 12.7. The van der Waals surface area contributed by atoms with E-state index >= 15 is 0 Å². The second kappa shape index (κ2) is 9.48. The van der Waals surface area contributed by atoms with Crippen LogP contribution in [0.5, 0.6) is 0 Å². The summed E-state index contributed by atoms with van der Waals surface area (Å²) in [4.78, 5) is 23.9. The largest absolute Gasteiger partial charge is 0.405 e. The molecular weight excluding hydrogens is 435 g/mol. The van der Waals surface area contributed by atoms with Gasteiger partial charge in [-0.3, -0.25) is 9.59 Å².